The van der Waals surface area contributed by atoms with Crippen LogP contribution >= 0.6 is 0 Å². The number of carbonyl (C=O) groups excluding carboxylic acids is 1. The second-order valence-corrected chi connectivity index (χ2v) is 5.69. The molecule has 0 aromatic carbocycles. The average Bonchev–Trinajstić information content (AvgIpc) is 3.00. The topological polar surface area (TPSA) is 35.6 Å². The molecule has 3 aliphatic rings. The van der Waals surface area contributed by atoms with Crippen LogP contribution in [0.5, 0.6) is 0 Å². The molecule has 2 heterocycles. The van der Waals surface area contributed by atoms with Crippen LogP contribution in [0, 0.1) is 0 Å². The predicted octanol–water partition coefficient (Wildman–Crippen LogP) is 1.42. The van der Waals surface area contributed by atoms with Gasteiger partial charge in [-0.15, -0.1) is 0 Å². The lowest BCUT2D eigenvalue weighted by Gasteiger charge is -2.36. The quantitative estimate of drug-likeness (QED) is 0.788. The molecule has 2 amide bonds. The molecule has 96 valence electrons. The van der Waals surface area contributed by atoms with E-state index >= 15 is 0 Å². The van der Waals surface area contributed by atoms with E-state index in [1.54, 1.807) is 0 Å². The third kappa shape index (κ3) is 2.73. The fourth-order valence-electron chi connectivity index (χ4n) is 3.03. The van der Waals surface area contributed by atoms with Crippen LogP contribution in [-0.2, 0) is 0 Å². The molecule has 0 radical (unpaired) electrons. The lowest BCUT2D eigenvalue weighted by molar-refractivity contribution is 0.134. The number of piperidine rings is 1. The van der Waals surface area contributed by atoms with E-state index in [0.29, 0.717) is 6.04 Å². The van der Waals surface area contributed by atoms with E-state index in [1.807, 2.05) is 4.90 Å². The van der Waals surface area contributed by atoms with Crippen molar-refractivity contribution in [2.45, 2.75) is 50.6 Å². The van der Waals surface area contributed by atoms with E-state index in [2.05, 4.69) is 10.2 Å². The standard InChI is InChI=1S/C13H23N3O/c17-13(14-11-3-4-11)16-9-5-12(6-10-16)15-7-1-2-8-15/h11-12H,1-10H2,(H,14,17). The molecule has 1 aliphatic carbocycles. The van der Waals surface area contributed by atoms with Gasteiger partial charge in [-0.05, 0) is 51.6 Å². The Morgan fingerprint density at radius 1 is 0.941 bits per heavy atom. The molecular weight excluding hydrogens is 214 g/mol. The number of amides is 2. The van der Waals surface area contributed by atoms with Gasteiger partial charge in [0.25, 0.3) is 0 Å². The molecule has 0 atom stereocenters. The van der Waals surface area contributed by atoms with Crippen LogP contribution in [0.4, 0.5) is 4.79 Å². The summed E-state index contributed by atoms with van der Waals surface area (Å²) in [5.74, 6) is 0. The molecule has 3 rings (SSSR count). The first-order chi connectivity index (χ1) is 8.33. The van der Waals surface area contributed by atoms with Gasteiger partial charge in [0.1, 0.15) is 0 Å². The van der Waals surface area contributed by atoms with Crippen LogP contribution in [0.25, 0.3) is 0 Å². The van der Waals surface area contributed by atoms with Gasteiger partial charge in [-0.25, -0.2) is 4.79 Å². The maximum atomic E-state index is 11.9. The lowest BCUT2D eigenvalue weighted by atomic mass is 10.0. The van der Waals surface area contributed by atoms with E-state index in [1.165, 1.54) is 38.8 Å². The summed E-state index contributed by atoms with van der Waals surface area (Å²) >= 11 is 0. The maximum absolute atomic E-state index is 11.9. The molecule has 3 fully saturated rings. The van der Waals surface area contributed by atoms with Crippen LogP contribution in [0.1, 0.15) is 38.5 Å². The van der Waals surface area contributed by atoms with Gasteiger partial charge in [0.05, 0.1) is 0 Å². The zero-order chi connectivity index (χ0) is 11.7. The molecule has 0 aromatic heterocycles. The first-order valence-electron chi connectivity index (χ1n) is 7.12. The molecule has 4 nitrogen and oxygen atoms in total. The number of likely N-dealkylation sites (tertiary alicyclic amines) is 2. The Kier molecular flexibility index (Phi) is 3.23. The fourth-order valence-corrected chi connectivity index (χ4v) is 3.03. The monoisotopic (exact) mass is 237 g/mol. The molecule has 0 aromatic rings. The molecule has 0 spiro atoms. The van der Waals surface area contributed by atoms with Crippen LogP contribution in [0.3, 0.4) is 0 Å². The average molecular weight is 237 g/mol. The molecule has 17 heavy (non-hydrogen) atoms. The zero-order valence-electron chi connectivity index (χ0n) is 10.5. The van der Waals surface area contributed by atoms with Crippen molar-refractivity contribution in [3.8, 4) is 0 Å². The van der Waals surface area contributed by atoms with Gasteiger partial charge in [-0.3, -0.25) is 0 Å². The van der Waals surface area contributed by atoms with E-state index < -0.39 is 0 Å². The predicted molar refractivity (Wildman–Crippen MR) is 67.0 cm³/mol. The van der Waals surface area contributed by atoms with E-state index in [0.717, 1.165) is 32.0 Å². The van der Waals surface area contributed by atoms with Gasteiger partial charge in [0, 0.05) is 25.2 Å². The molecule has 1 N–H and O–H groups in total. The van der Waals surface area contributed by atoms with Crippen LogP contribution in [-0.4, -0.2) is 54.1 Å². The second-order valence-electron chi connectivity index (χ2n) is 5.69. The smallest absolute Gasteiger partial charge is 0.317 e. The van der Waals surface area contributed by atoms with Crippen molar-refractivity contribution in [3.05, 3.63) is 0 Å². The maximum Gasteiger partial charge on any atom is 0.317 e. The van der Waals surface area contributed by atoms with Crippen molar-refractivity contribution in [1.82, 2.24) is 15.1 Å². The summed E-state index contributed by atoms with van der Waals surface area (Å²) in [6.45, 7) is 4.44. The van der Waals surface area contributed by atoms with Crippen LogP contribution in [0.2, 0.25) is 0 Å². The molecule has 4 heteroatoms. The summed E-state index contributed by atoms with van der Waals surface area (Å²) in [6, 6.07) is 1.40. The summed E-state index contributed by atoms with van der Waals surface area (Å²) in [5.41, 5.74) is 0. The van der Waals surface area contributed by atoms with E-state index in [9.17, 15) is 4.79 Å². The largest absolute Gasteiger partial charge is 0.335 e. The molecule has 2 saturated heterocycles. The Labute approximate surface area is 103 Å². The minimum absolute atomic E-state index is 0.173. The van der Waals surface area contributed by atoms with Gasteiger partial charge in [-0.2, -0.15) is 0 Å². The number of nitrogens with one attached hydrogen (secondary N) is 1. The third-order valence-electron chi connectivity index (χ3n) is 4.31. The summed E-state index contributed by atoms with van der Waals surface area (Å²) in [4.78, 5) is 16.5. The highest BCUT2D eigenvalue weighted by atomic mass is 16.2. The van der Waals surface area contributed by atoms with Crippen molar-refractivity contribution in [3.63, 3.8) is 0 Å². The number of hydrogen-bond acceptors (Lipinski definition) is 2. The number of hydrogen-bond donors (Lipinski definition) is 1. The lowest BCUT2D eigenvalue weighted by Crippen LogP contribution is -2.49. The Morgan fingerprint density at radius 3 is 2.18 bits per heavy atom. The SMILES string of the molecule is O=C(NC1CC1)N1CCC(N2CCCC2)CC1. The minimum atomic E-state index is 0.173. The molecule has 1 saturated carbocycles. The number of nitrogens with zero attached hydrogens (tertiary/aromatic N) is 2. The fraction of sp³-hybridized carbons (Fsp3) is 0.923. The van der Waals surface area contributed by atoms with Gasteiger partial charge in [-0.1, -0.05) is 0 Å². The number of carbonyl (C=O) groups is 1. The summed E-state index contributed by atoms with van der Waals surface area (Å²) in [7, 11) is 0. The minimum Gasteiger partial charge on any atom is -0.335 e. The zero-order valence-corrected chi connectivity index (χ0v) is 10.5. The van der Waals surface area contributed by atoms with Crippen molar-refractivity contribution in [1.29, 1.82) is 0 Å². The number of urea groups is 1. The van der Waals surface area contributed by atoms with Crippen molar-refractivity contribution >= 4 is 6.03 Å². The van der Waals surface area contributed by atoms with Gasteiger partial charge < -0.3 is 15.1 Å². The van der Waals surface area contributed by atoms with E-state index in [-0.39, 0.29) is 6.03 Å². The molecule has 0 bridgehead atoms. The van der Waals surface area contributed by atoms with Gasteiger partial charge >= 0.3 is 6.03 Å². The van der Waals surface area contributed by atoms with Crippen molar-refractivity contribution in [2.75, 3.05) is 26.2 Å². The Bertz CT molecular complexity index is 276. The highest BCUT2D eigenvalue weighted by molar-refractivity contribution is 5.74. The normalized spacial score (nSPS) is 27.4. The molecule has 0 unspecified atom stereocenters. The first-order valence-corrected chi connectivity index (χ1v) is 7.12. The third-order valence-corrected chi connectivity index (χ3v) is 4.31. The summed E-state index contributed by atoms with van der Waals surface area (Å²) < 4.78 is 0. The number of rotatable bonds is 2. The Morgan fingerprint density at radius 2 is 1.59 bits per heavy atom. The van der Waals surface area contributed by atoms with Crippen molar-refractivity contribution in [2.24, 2.45) is 0 Å². The Hall–Kier alpha value is -0.770. The van der Waals surface area contributed by atoms with Gasteiger partial charge in [0.2, 0.25) is 0 Å². The first kappa shape index (κ1) is 11.3. The summed E-state index contributed by atoms with van der Waals surface area (Å²) in [6.07, 6.45) is 7.41. The Balaban J connectivity index is 1.44. The molecule has 2 aliphatic heterocycles. The highest BCUT2D eigenvalue weighted by Gasteiger charge is 2.30. The highest BCUT2D eigenvalue weighted by Crippen LogP contribution is 2.22. The van der Waals surface area contributed by atoms with E-state index in [4.69, 9.17) is 0 Å². The second kappa shape index (κ2) is 4.84. The van der Waals surface area contributed by atoms with Crippen LogP contribution in [0.15, 0.2) is 0 Å². The van der Waals surface area contributed by atoms with Gasteiger partial charge in [0.15, 0.2) is 0 Å². The summed E-state index contributed by atoms with van der Waals surface area (Å²) in [5, 5.41) is 3.08. The molecular formula is C13H23N3O. The van der Waals surface area contributed by atoms with Crippen molar-refractivity contribution < 1.29 is 4.79 Å². The van der Waals surface area contributed by atoms with Crippen LogP contribution < -0.4 is 5.32 Å².